The topological polar surface area (TPSA) is 100 Å². The molecule has 0 bridgehead atoms. The first-order valence-corrected chi connectivity index (χ1v) is 10.3. The number of rotatable bonds is 7. The van der Waals surface area contributed by atoms with E-state index in [4.69, 9.17) is 0 Å². The molecule has 0 saturated carbocycles. The predicted molar refractivity (Wildman–Crippen MR) is 106 cm³/mol. The minimum Gasteiger partial charge on any atom is -0.336 e. The minimum absolute atomic E-state index is 0.0616. The molecule has 7 nitrogen and oxygen atoms in total. The summed E-state index contributed by atoms with van der Waals surface area (Å²) < 4.78 is 27.3. The maximum atomic E-state index is 12.4. The highest BCUT2D eigenvalue weighted by Crippen LogP contribution is 2.22. The van der Waals surface area contributed by atoms with Crippen molar-refractivity contribution >= 4 is 16.1 Å². The van der Waals surface area contributed by atoms with Crippen LogP contribution in [0.1, 0.15) is 33.3 Å². The van der Waals surface area contributed by atoms with Gasteiger partial charge < -0.3 is 10.6 Å². The zero-order valence-electron chi connectivity index (χ0n) is 16.0. The van der Waals surface area contributed by atoms with E-state index in [1.165, 1.54) is 6.20 Å². The van der Waals surface area contributed by atoms with E-state index in [1.807, 2.05) is 38.1 Å². The summed E-state index contributed by atoms with van der Waals surface area (Å²) in [6.45, 7) is 7.68. The summed E-state index contributed by atoms with van der Waals surface area (Å²) in [5.74, 6) is 0. The molecule has 2 rings (SSSR count). The fraction of sp³-hybridized carbons (Fsp3) is 0.368. The third kappa shape index (κ3) is 6.33. The van der Waals surface area contributed by atoms with Gasteiger partial charge in [0, 0.05) is 36.6 Å². The third-order valence-electron chi connectivity index (χ3n) is 3.55. The van der Waals surface area contributed by atoms with E-state index in [-0.39, 0.29) is 23.0 Å². The fourth-order valence-electron chi connectivity index (χ4n) is 2.46. The van der Waals surface area contributed by atoms with E-state index in [9.17, 15) is 13.2 Å². The molecule has 8 heteroatoms. The number of carbonyl (C=O) groups is 1. The Morgan fingerprint density at radius 1 is 1.04 bits per heavy atom. The number of sulfonamides is 1. The fourth-order valence-corrected chi connectivity index (χ4v) is 3.70. The standard InChI is InChI=1S/C19H26N4O3S/c1-13(2)22-19(24)21-10-15-6-5-7-16(8-15)17-9-18(12-20-11-17)27(25,26)23-14(3)4/h5-9,11-14,23H,10H2,1-4H3,(H2,21,22,24). The molecule has 0 unspecified atom stereocenters. The van der Waals surface area contributed by atoms with Crippen molar-refractivity contribution in [2.75, 3.05) is 0 Å². The highest BCUT2D eigenvalue weighted by atomic mass is 32.2. The highest BCUT2D eigenvalue weighted by molar-refractivity contribution is 7.89. The Hall–Kier alpha value is -2.45. The zero-order chi connectivity index (χ0) is 20.0. The second kappa shape index (κ2) is 8.96. The second-order valence-corrected chi connectivity index (χ2v) is 8.58. The Bertz CT molecular complexity index is 895. The summed E-state index contributed by atoms with van der Waals surface area (Å²) in [7, 11) is -3.61. The van der Waals surface area contributed by atoms with Gasteiger partial charge in [-0.1, -0.05) is 18.2 Å². The quantitative estimate of drug-likeness (QED) is 0.677. The van der Waals surface area contributed by atoms with Gasteiger partial charge in [0.2, 0.25) is 10.0 Å². The molecular weight excluding hydrogens is 364 g/mol. The lowest BCUT2D eigenvalue weighted by Gasteiger charge is -2.12. The van der Waals surface area contributed by atoms with E-state index in [0.717, 1.165) is 11.1 Å². The van der Waals surface area contributed by atoms with E-state index in [1.54, 1.807) is 26.1 Å². The molecule has 1 aromatic carbocycles. The average Bonchev–Trinajstić information content (AvgIpc) is 2.59. The molecule has 0 fully saturated rings. The summed E-state index contributed by atoms with van der Waals surface area (Å²) in [6, 6.07) is 8.75. The molecule has 1 aromatic heterocycles. The summed E-state index contributed by atoms with van der Waals surface area (Å²) in [5.41, 5.74) is 2.42. The Labute approximate surface area is 160 Å². The number of urea groups is 1. The van der Waals surface area contributed by atoms with Gasteiger partial charge in [-0.2, -0.15) is 0 Å². The Kier molecular flexibility index (Phi) is 6.92. The largest absolute Gasteiger partial charge is 0.336 e. The molecule has 0 spiro atoms. The van der Waals surface area contributed by atoms with Crippen molar-refractivity contribution in [3.05, 3.63) is 48.3 Å². The average molecular weight is 391 g/mol. The number of pyridine rings is 1. The summed E-state index contributed by atoms with van der Waals surface area (Å²) in [6.07, 6.45) is 2.95. The van der Waals surface area contributed by atoms with Gasteiger partial charge in [0.25, 0.3) is 0 Å². The van der Waals surface area contributed by atoms with Crippen LogP contribution in [0, 0.1) is 0 Å². The van der Waals surface area contributed by atoms with Crippen LogP contribution >= 0.6 is 0 Å². The second-order valence-electron chi connectivity index (χ2n) is 6.87. The molecule has 0 saturated heterocycles. The number of amides is 2. The molecule has 2 aromatic rings. The first-order valence-electron chi connectivity index (χ1n) is 8.78. The van der Waals surface area contributed by atoms with Gasteiger partial charge in [0.05, 0.1) is 0 Å². The van der Waals surface area contributed by atoms with Gasteiger partial charge in [0.15, 0.2) is 0 Å². The Morgan fingerprint density at radius 3 is 2.44 bits per heavy atom. The van der Waals surface area contributed by atoms with Gasteiger partial charge in [-0.3, -0.25) is 4.98 Å². The molecule has 146 valence electrons. The first kappa shape index (κ1) is 20.9. The van der Waals surface area contributed by atoms with Crippen molar-refractivity contribution in [1.82, 2.24) is 20.3 Å². The molecule has 1 heterocycles. The van der Waals surface area contributed by atoms with E-state index < -0.39 is 10.0 Å². The summed E-state index contributed by atoms with van der Waals surface area (Å²) in [5, 5.41) is 5.56. The van der Waals surface area contributed by atoms with Crippen molar-refractivity contribution in [3.63, 3.8) is 0 Å². The smallest absolute Gasteiger partial charge is 0.315 e. The van der Waals surface area contributed by atoms with Crippen LogP contribution in [0.25, 0.3) is 11.1 Å². The van der Waals surface area contributed by atoms with Gasteiger partial charge in [-0.15, -0.1) is 0 Å². The lowest BCUT2D eigenvalue weighted by molar-refractivity contribution is 0.238. The van der Waals surface area contributed by atoms with Gasteiger partial charge in [-0.05, 0) is 51.0 Å². The predicted octanol–water partition coefficient (Wildman–Crippen LogP) is 2.64. The molecule has 0 aliphatic carbocycles. The summed E-state index contributed by atoms with van der Waals surface area (Å²) in [4.78, 5) is 15.9. The van der Waals surface area contributed by atoms with Crippen LogP contribution in [0.5, 0.6) is 0 Å². The Balaban J connectivity index is 2.19. The highest BCUT2D eigenvalue weighted by Gasteiger charge is 2.16. The number of nitrogens with zero attached hydrogens (tertiary/aromatic N) is 1. The molecular formula is C19H26N4O3S. The van der Waals surface area contributed by atoms with Crippen molar-refractivity contribution in [2.24, 2.45) is 0 Å². The van der Waals surface area contributed by atoms with E-state index >= 15 is 0 Å². The Morgan fingerprint density at radius 2 is 1.78 bits per heavy atom. The molecule has 3 N–H and O–H groups in total. The maximum Gasteiger partial charge on any atom is 0.315 e. The van der Waals surface area contributed by atoms with Crippen LogP contribution in [0.15, 0.2) is 47.6 Å². The van der Waals surface area contributed by atoms with Gasteiger partial charge >= 0.3 is 6.03 Å². The number of hydrogen-bond donors (Lipinski definition) is 3. The van der Waals surface area contributed by atoms with Crippen molar-refractivity contribution in [2.45, 2.75) is 51.2 Å². The molecule has 0 aliphatic rings. The van der Waals surface area contributed by atoms with Gasteiger partial charge in [-0.25, -0.2) is 17.9 Å². The van der Waals surface area contributed by atoms with Crippen LogP contribution in [-0.4, -0.2) is 31.5 Å². The number of hydrogen-bond acceptors (Lipinski definition) is 4. The normalized spacial score (nSPS) is 11.6. The number of nitrogens with one attached hydrogen (secondary N) is 3. The van der Waals surface area contributed by atoms with Crippen LogP contribution in [0.3, 0.4) is 0 Å². The van der Waals surface area contributed by atoms with Crippen LogP contribution in [0.2, 0.25) is 0 Å². The molecule has 0 atom stereocenters. The molecule has 2 amide bonds. The van der Waals surface area contributed by atoms with Crippen molar-refractivity contribution < 1.29 is 13.2 Å². The minimum atomic E-state index is -3.61. The SMILES string of the molecule is CC(C)NC(=O)NCc1cccc(-c2cncc(S(=O)(=O)NC(C)C)c2)c1. The number of carbonyl (C=O) groups excluding carboxylic acids is 1. The van der Waals surface area contributed by atoms with E-state index in [0.29, 0.717) is 12.1 Å². The number of aromatic nitrogens is 1. The van der Waals surface area contributed by atoms with Crippen molar-refractivity contribution in [1.29, 1.82) is 0 Å². The zero-order valence-corrected chi connectivity index (χ0v) is 16.8. The lowest BCUT2D eigenvalue weighted by atomic mass is 10.0. The summed E-state index contributed by atoms with van der Waals surface area (Å²) >= 11 is 0. The molecule has 0 aliphatic heterocycles. The van der Waals surface area contributed by atoms with Crippen molar-refractivity contribution in [3.8, 4) is 11.1 Å². The van der Waals surface area contributed by atoms with Crippen LogP contribution < -0.4 is 15.4 Å². The first-order chi connectivity index (χ1) is 12.7. The van der Waals surface area contributed by atoms with E-state index in [2.05, 4.69) is 20.3 Å². The molecule has 27 heavy (non-hydrogen) atoms. The van der Waals surface area contributed by atoms with Crippen LogP contribution in [-0.2, 0) is 16.6 Å². The maximum absolute atomic E-state index is 12.4. The van der Waals surface area contributed by atoms with Gasteiger partial charge in [0.1, 0.15) is 4.90 Å². The number of benzene rings is 1. The molecule has 0 radical (unpaired) electrons. The monoisotopic (exact) mass is 390 g/mol. The third-order valence-corrected chi connectivity index (χ3v) is 5.17. The lowest BCUT2D eigenvalue weighted by Crippen LogP contribution is -2.39. The van der Waals surface area contributed by atoms with Crippen LogP contribution in [0.4, 0.5) is 4.79 Å².